The number of esters is 1. The molecule has 1 aliphatic rings. The number of benzene rings is 1. The molecule has 0 aliphatic carbocycles. The topological polar surface area (TPSA) is 131 Å². The van der Waals surface area contributed by atoms with Gasteiger partial charge in [0.15, 0.2) is 6.61 Å². The van der Waals surface area contributed by atoms with Crippen molar-refractivity contribution in [3.05, 3.63) is 41.4 Å². The van der Waals surface area contributed by atoms with E-state index in [-0.39, 0.29) is 48.3 Å². The zero-order chi connectivity index (χ0) is 21.4. The molecule has 158 valence electrons. The number of hydrogen-bond acceptors (Lipinski definition) is 7. The Labute approximate surface area is 172 Å². The van der Waals surface area contributed by atoms with Crippen LogP contribution in [0.2, 0.25) is 5.02 Å². The highest BCUT2D eigenvalue weighted by Gasteiger charge is 2.29. The average molecular weight is 446 g/mol. The van der Waals surface area contributed by atoms with Crippen molar-refractivity contribution in [2.24, 2.45) is 0 Å². The second-order valence-electron chi connectivity index (χ2n) is 5.78. The van der Waals surface area contributed by atoms with Gasteiger partial charge >= 0.3 is 12.0 Å². The van der Waals surface area contributed by atoms with Crippen molar-refractivity contribution in [3.8, 4) is 0 Å². The van der Waals surface area contributed by atoms with Crippen LogP contribution < -0.4 is 10.6 Å². The number of halogens is 1. The van der Waals surface area contributed by atoms with E-state index in [0.29, 0.717) is 0 Å². The molecule has 1 heterocycles. The summed E-state index contributed by atoms with van der Waals surface area (Å²) in [6.07, 6.45) is 1.42. The second-order valence-corrected chi connectivity index (χ2v) is 8.10. The van der Waals surface area contributed by atoms with Gasteiger partial charge in [-0.3, -0.25) is 10.1 Å². The van der Waals surface area contributed by atoms with Crippen LogP contribution in [0.5, 0.6) is 0 Å². The Kier molecular flexibility index (Phi) is 8.14. The van der Waals surface area contributed by atoms with Gasteiger partial charge in [0.25, 0.3) is 5.91 Å². The molecule has 0 bridgehead atoms. The molecule has 29 heavy (non-hydrogen) atoms. The van der Waals surface area contributed by atoms with E-state index in [9.17, 15) is 22.8 Å². The molecule has 0 radical (unpaired) electrons. The zero-order valence-electron chi connectivity index (χ0n) is 15.4. The molecule has 0 spiro atoms. The van der Waals surface area contributed by atoms with E-state index in [1.165, 1.54) is 22.5 Å². The normalized spacial score (nSPS) is 14.7. The monoisotopic (exact) mass is 445 g/mol. The number of ether oxygens (including phenoxy) is 2. The fourth-order valence-corrected chi connectivity index (χ4v) is 4.25. The molecule has 1 aromatic carbocycles. The van der Waals surface area contributed by atoms with Gasteiger partial charge in [-0.25, -0.2) is 18.0 Å². The van der Waals surface area contributed by atoms with Gasteiger partial charge < -0.3 is 14.8 Å². The van der Waals surface area contributed by atoms with Crippen LogP contribution in [-0.4, -0.2) is 70.1 Å². The van der Waals surface area contributed by atoms with Crippen molar-refractivity contribution in [1.29, 1.82) is 0 Å². The van der Waals surface area contributed by atoms with Crippen LogP contribution in [0.25, 0.3) is 0 Å². The number of carbonyl (C=O) groups excluding carboxylic acids is 3. The fraction of sp³-hybridized carbons (Fsp3) is 0.353. The summed E-state index contributed by atoms with van der Waals surface area (Å²) in [4.78, 5) is 34.9. The summed E-state index contributed by atoms with van der Waals surface area (Å²) >= 11 is 6.03. The van der Waals surface area contributed by atoms with Gasteiger partial charge in [-0.1, -0.05) is 17.7 Å². The molecule has 1 aliphatic heterocycles. The first-order chi connectivity index (χ1) is 13.8. The third-order valence-electron chi connectivity index (χ3n) is 3.75. The maximum absolute atomic E-state index is 12.8. The second kappa shape index (κ2) is 10.3. The van der Waals surface area contributed by atoms with E-state index in [1.807, 2.05) is 5.32 Å². The summed E-state index contributed by atoms with van der Waals surface area (Å²) < 4.78 is 36.7. The van der Waals surface area contributed by atoms with Crippen molar-refractivity contribution >= 4 is 39.5 Å². The Bertz CT molecular complexity index is 898. The highest BCUT2D eigenvalue weighted by atomic mass is 35.5. The van der Waals surface area contributed by atoms with Gasteiger partial charge in [0.05, 0.1) is 23.8 Å². The quantitative estimate of drug-likeness (QED) is 0.462. The van der Waals surface area contributed by atoms with Gasteiger partial charge in [0.1, 0.15) is 4.90 Å². The third kappa shape index (κ3) is 6.26. The van der Waals surface area contributed by atoms with Crippen molar-refractivity contribution in [3.63, 3.8) is 0 Å². The number of imide groups is 1. The Morgan fingerprint density at radius 3 is 2.62 bits per heavy atom. The van der Waals surface area contributed by atoms with Crippen LogP contribution in [0.3, 0.4) is 0 Å². The lowest BCUT2D eigenvalue weighted by Gasteiger charge is -2.26. The predicted octanol–water partition coefficient (Wildman–Crippen LogP) is 0.530. The highest BCUT2D eigenvalue weighted by molar-refractivity contribution is 7.89. The van der Waals surface area contributed by atoms with Gasteiger partial charge in [-0.2, -0.15) is 4.31 Å². The van der Waals surface area contributed by atoms with E-state index in [1.54, 1.807) is 0 Å². The van der Waals surface area contributed by atoms with E-state index < -0.39 is 34.5 Å². The van der Waals surface area contributed by atoms with Crippen molar-refractivity contribution in [2.45, 2.75) is 4.90 Å². The lowest BCUT2D eigenvalue weighted by molar-refractivity contribution is -0.123. The third-order valence-corrected chi connectivity index (χ3v) is 6.13. The van der Waals surface area contributed by atoms with Crippen LogP contribution in [0.15, 0.2) is 35.7 Å². The summed E-state index contributed by atoms with van der Waals surface area (Å²) in [7, 11) is -3.93. The molecule has 0 aromatic heterocycles. The Balaban J connectivity index is 2.04. The van der Waals surface area contributed by atoms with E-state index in [2.05, 4.69) is 11.9 Å². The Morgan fingerprint density at radius 1 is 1.28 bits per heavy atom. The maximum atomic E-state index is 12.8. The van der Waals surface area contributed by atoms with E-state index >= 15 is 0 Å². The number of urea groups is 1. The van der Waals surface area contributed by atoms with Gasteiger partial charge in [-0.15, -0.1) is 6.58 Å². The van der Waals surface area contributed by atoms with Crippen molar-refractivity contribution in [1.82, 2.24) is 14.9 Å². The molecule has 1 saturated heterocycles. The minimum absolute atomic E-state index is 0.0512. The molecule has 0 atom stereocenters. The Morgan fingerprint density at radius 2 is 1.97 bits per heavy atom. The van der Waals surface area contributed by atoms with Crippen LogP contribution >= 0.6 is 11.6 Å². The number of sulfonamides is 1. The lowest BCUT2D eigenvalue weighted by atomic mass is 10.2. The molecule has 1 aromatic rings. The molecule has 0 saturated carbocycles. The number of nitrogens with zero attached hydrogens (tertiary/aromatic N) is 1. The lowest BCUT2D eigenvalue weighted by Crippen LogP contribution is -2.41. The number of morpholine rings is 1. The number of amides is 3. The summed E-state index contributed by atoms with van der Waals surface area (Å²) in [6, 6.07) is 2.85. The number of carbonyl (C=O) groups is 3. The smallest absolute Gasteiger partial charge is 0.338 e. The van der Waals surface area contributed by atoms with Crippen molar-refractivity contribution < 1.29 is 32.3 Å². The minimum Gasteiger partial charge on any atom is -0.452 e. The first kappa shape index (κ1) is 22.8. The largest absolute Gasteiger partial charge is 0.452 e. The maximum Gasteiger partial charge on any atom is 0.338 e. The molecule has 1 fully saturated rings. The first-order valence-electron chi connectivity index (χ1n) is 8.49. The first-order valence-corrected chi connectivity index (χ1v) is 10.3. The molecule has 2 rings (SSSR count). The van der Waals surface area contributed by atoms with Crippen LogP contribution in [-0.2, 0) is 24.3 Å². The standard InChI is InChI=1S/C17H20ClN3O7S/c1-2-5-19-17(24)20-15(22)11-28-16(23)12-3-4-13(18)14(10-12)29(25,26)21-6-8-27-9-7-21/h2-4,10H,1,5-9,11H2,(H2,19,20,22,24). The minimum atomic E-state index is -3.93. The van der Waals surface area contributed by atoms with E-state index in [0.717, 1.165) is 6.07 Å². The molecular weight excluding hydrogens is 426 g/mol. The average Bonchev–Trinajstić information content (AvgIpc) is 2.71. The number of rotatable bonds is 7. The molecule has 12 heteroatoms. The van der Waals surface area contributed by atoms with E-state index in [4.69, 9.17) is 21.1 Å². The Hall–Kier alpha value is -2.47. The molecule has 0 unspecified atom stereocenters. The summed E-state index contributed by atoms with van der Waals surface area (Å²) in [6.45, 7) is 3.69. The van der Waals surface area contributed by atoms with Crippen molar-refractivity contribution in [2.75, 3.05) is 39.5 Å². The zero-order valence-corrected chi connectivity index (χ0v) is 16.9. The summed E-state index contributed by atoms with van der Waals surface area (Å²) in [5.74, 6) is -1.79. The highest BCUT2D eigenvalue weighted by Crippen LogP contribution is 2.26. The molecule has 10 nitrogen and oxygen atoms in total. The van der Waals surface area contributed by atoms with Crippen LogP contribution in [0.4, 0.5) is 4.79 Å². The molecular formula is C17H20ClN3O7S. The van der Waals surface area contributed by atoms with Crippen LogP contribution in [0.1, 0.15) is 10.4 Å². The molecule has 3 amide bonds. The van der Waals surface area contributed by atoms with Crippen LogP contribution in [0, 0.1) is 0 Å². The fourth-order valence-electron chi connectivity index (χ4n) is 2.34. The van der Waals surface area contributed by atoms with Gasteiger partial charge in [0.2, 0.25) is 10.0 Å². The number of hydrogen-bond donors (Lipinski definition) is 2. The SMILES string of the molecule is C=CCNC(=O)NC(=O)COC(=O)c1ccc(Cl)c(S(=O)(=O)N2CCOCC2)c1. The van der Waals surface area contributed by atoms with Gasteiger partial charge in [0, 0.05) is 19.6 Å². The molecule has 2 N–H and O–H groups in total. The predicted molar refractivity (Wildman–Crippen MR) is 103 cm³/mol. The van der Waals surface area contributed by atoms with Gasteiger partial charge in [-0.05, 0) is 18.2 Å². The summed E-state index contributed by atoms with van der Waals surface area (Å²) in [5.41, 5.74) is -0.106. The summed E-state index contributed by atoms with van der Waals surface area (Å²) in [5, 5.41) is 4.23. The number of nitrogens with one attached hydrogen (secondary N) is 2.